The SMILES string of the molecule is Cc1ccc(/C(O)=C2/C(=O)C(=O)N(Cc3ccc(C(=O)O)cc3)C2c2ccc(C(C)(C)C)cc2)cc1C. The second-order valence-corrected chi connectivity index (χ2v) is 10.6. The molecule has 3 aromatic carbocycles. The Bertz CT molecular complexity index is 1410. The van der Waals surface area contributed by atoms with Crippen molar-refractivity contribution >= 4 is 23.4 Å². The first kappa shape index (κ1) is 25.9. The number of hydrogen-bond donors (Lipinski definition) is 2. The summed E-state index contributed by atoms with van der Waals surface area (Å²) < 4.78 is 0. The monoisotopic (exact) mass is 497 g/mol. The molecule has 1 unspecified atom stereocenters. The minimum atomic E-state index is -1.04. The average Bonchev–Trinajstić information content (AvgIpc) is 3.10. The minimum absolute atomic E-state index is 0.0407. The number of ketones is 1. The first-order valence-electron chi connectivity index (χ1n) is 12.2. The fourth-order valence-electron chi connectivity index (χ4n) is 4.55. The number of nitrogens with zero attached hydrogens (tertiary/aromatic N) is 1. The molecule has 6 heteroatoms. The molecule has 1 atom stereocenters. The topological polar surface area (TPSA) is 94.9 Å². The van der Waals surface area contributed by atoms with Crippen molar-refractivity contribution in [1.29, 1.82) is 0 Å². The number of aliphatic hydroxyl groups is 1. The zero-order valence-electron chi connectivity index (χ0n) is 21.7. The number of aryl methyl sites for hydroxylation is 2. The van der Waals surface area contributed by atoms with Gasteiger partial charge in [0.15, 0.2) is 0 Å². The molecule has 190 valence electrons. The van der Waals surface area contributed by atoms with Gasteiger partial charge in [-0.1, -0.05) is 69.3 Å². The Hall–Kier alpha value is -4.19. The van der Waals surface area contributed by atoms with Crippen LogP contribution >= 0.6 is 0 Å². The van der Waals surface area contributed by atoms with E-state index < -0.39 is 23.7 Å². The highest BCUT2D eigenvalue weighted by molar-refractivity contribution is 6.46. The lowest BCUT2D eigenvalue weighted by Gasteiger charge is -2.26. The number of aromatic carboxylic acids is 1. The van der Waals surface area contributed by atoms with Crippen LogP contribution in [0.1, 0.15) is 70.6 Å². The van der Waals surface area contributed by atoms with E-state index >= 15 is 0 Å². The fourth-order valence-corrected chi connectivity index (χ4v) is 4.55. The van der Waals surface area contributed by atoms with E-state index in [9.17, 15) is 24.6 Å². The Morgan fingerprint density at radius 1 is 0.838 bits per heavy atom. The summed E-state index contributed by atoms with van der Waals surface area (Å²) >= 11 is 0. The van der Waals surface area contributed by atoms with Crippen molar-refractivity contribution in [2.24, 2.45) is 0 Å². The van der Waals surface area contributed by atoms with Crippen molar-refractivity contribution in [3.05, 3.63) is 111 Å². The molecule has 3 aromatic rings. The molecule has 0 saturated carbocycles. The van der Waals surface area contributed by atoms with E-state index in [0.29, 0.717) is 16.7 Å². The number of aliphatic hydroxyl groups excluding tert-OH is 1. The molecule has 1 aliphatic rings. The summed E-state index contributed by atoms with van der Waals surface area (Å²) in [4.78, 5) is 39.3. The molecule has 1 aliphatic heterocycles. The van der Waals surface area contributed by atoms with Crippen LogP contribution in [0, 0.1) is 13.8 Å². The summed E-state index contributed by atoms with van der Waals surface area (Å²) in [6, 6.07) is 18.6. The molecular weight excluding hydrogens is 466 g/mol. The van der Waals surface area contributed by atoms with E-state index in [-0.39, 0.29) is 28.9 Å². The minimum Gasteiger partial charge on any atom is -0.507 e. The van der Waals surface area contributed by atoms with Crippen molar-refractivity contribution in [2.45, 2.75) is 52.6 Å². The molecule has 2 N–H and O–H groups in total. The predicted octanol–water partition coefficient (Wildman–Crippen LogP) is 5.92. The smallest absolute Gasteiger partial charge is 0.335 e. The standard InChI is InChI=1S/C31H31NO5/c1-18-6-9-23(16-19(18)2)27(33)25-26(21-12-14-24(15-13-21)31(3,4)5)32(29(35)28(25)34)17-20-7-10-22(11-8-20)30(36)37/h6-16,26,33H,17H2,1-5H3,(H,36,37)/b27-25-. The molecule has 6 nitrogen and oxygen atoms in total. The van der Waals surface area contributed by atoms with E-state index in [4.69, 9.17) is 0 Å². The second-order valence-electron chi connectivity index (χ2n) is 10.6. The lowest BCUT2D eigenvalue weighted by Crippen LogP contribution is -2.29. The number of benzene rings is 3. The van der Waals surface area contributed by atoms with Crippen molar-refractivity contribution in [3.63, 3.8) is 0 Å². The van der Waals surface area contributed by atoms with Gasteiger partial charge in [-0.05, 0) is 65.3 Å². The Labute approximate surface area is 216 Å². The molecule has 0 aromatic heterocycles. The number of Topliss-reactive ketones (excluding diaryl/α,β-unsaturated/α-hetero) is 1. The van der Waals surface area contributed by atoms with Gasteiger partial charge in [-0.15, -0.1) is 0 Å². The molecule has 0 radical (unpaired) electrons. The zero-order chi connectivity index (χ0) is 27.1. The van der Waals surface area contributed by atoms with Gasteiger partial charge in [-0.25, -0.2) is 4.79 Å². The zero-order valence-corrected chi connectivity index (χ0v) is 21.7. The molecule has 37 heavy (non-hydrogen) atoms. The highest BCUT2D eigenvalue weighted by Gasteiger charge is 2.46. The summed E-state index contributed by atoms with van der Waals surface area (Å²) in [5.74, 6) is -2.71. The Kier molecular flexibility index (Phi) is 6.78. The largest absolute Gasteiger partial charge is 0.507 e. The van der Waals surface area contributed by atoms with Crippen molar-refractivity contribution in [2.75, 3.05) is 0 Å². The fraction of sp³-hybridized carbons (Fsp3) is 0.258. The van der Waals surface area contributed by atoms with Crippen LogP contribution in [0.2, 0.25) is 0 Å². The summed E-state index contributed by atoms with van der Waals surface area (Å²) in [7, 11) is 0. The third-order valence-electron chi connectivity index (χ3n) is 6.97. The second kappa shape index (κ2) is 9.69. The number of carbonyl (C=O) groups is 3. The van der Waals surface area contributed by atoms with Crippen molar-refractivity contribution < 1.29 is 24.6 Å². The van der Waals surface area contributed by atoms with Crippen LogP contribution in [0.3, 0.4) is 0 Å². The number of hydrogen-bond acceptors (Lipinski definition) is 4. The predicted molar refractivity (Wildman–Crippen MR) is 142 cm³/mol. The number of carboxylic acids is 1. The lowest BCUT2D eigenvalue weighted by molar-refractivity contribution is -0.140. The number of likely N-dealkylation sites (tertiary alicyclic amines) is 1. The molecular formula is C31H31NO5. The van der Waals surface area contributed by atoms with Gasteiger partial charge < -0.3 is 15.1 Å². The van der Waals surface area contributed by atoms with Crippen LogP contribution < -0.4 is 0 Å². The van der Waals surface area contributed by atoms with Crippen LogP contribution in [0.5, 0.6) is 0 Å². The van der Waals surface area contributed by atoms with E-state index in [1.807, 2.05) is 50.2 Å². The Morgan fingerprint density at radius 3 is 1.97 bits per heavy atom. The summed E-state index contributed by atoms with van der Waals surface area (Å²) in [6.45, 7) is 10.3. The molecule has 1 fully saturated rings. The van der Waals surface area contributed by atoms with E-state index in [1.54, 1.807) is 18.2 Å². The summed E-state index contributed by atoms with van der Waals surface area (Å²) in [5, 5.41) is 20.5. The Balaban J connectivity index is 1.84. The van der Waals surface area contributed by atoms with Gasteiger partial charge in [-0.3, -0.25) is 9.59 Å². The maximum absolute atomic E-state index is 13.3. The van der Waals surface area contributed by atoms with Crippen LogP contribution in [0.15, 0.2) is 72.3 Å². The van der Waals surface area contributed by atoms with Crippen LogP contribution in [0.25, 0.3) is 5.76 Å². The van der Waals surface area contributed by atoms with Gasteiger partial charge in [0.05, 0.1) is 17.2 Å². The maximum Gasteiger partial charge on any atom is 0.335 e. The number of amides is 1. The number of rotatable bonds is 5. The first-order chi connectivity index (χ1) is 17.4. The van der Waals surface area contributed by atoms with Gasteiger partial charge in [0.1, 0.15) is 5.76 Å². The van der Waals surface area contributed by atoms with Crippen LogP contribution in [0.4, 0.5) is 0 Å². The summed E-state index contributed by atoms with van der Waals surface area (Å²) in [5.41, 5.74) is 5.07. The van der Waals surface area contributed by atoms with Gasteiger partial charge in [0.25, 0.3) is 11.7 Å². The molecule has 1 saturated heterocycles. The van der Waals surface area contributed by atoms with Crippen LogP contribution in [-0.2, 0) is 21.5 Å². The third kappa shape index (κ3) is 5.05. The van der Waals surface area contributed by atoms with Gasteiger partial charge >= 0.3 is 5.97 Å². The number of carbonyl (C=O) groups excluding carboxylic acids is 2. The molecule has 1 amide bonds. The molecule has 0 aliphatic carbocycles. The number of carboxylic acid groups (broad SMARTS) is 1. The lowest BCUT2D eigenvalue weighted by atomic mass is 9.85. The highest BCUT2D eigenvalue weighted by atomic mass is 16.4. The first-order valence-corrected chi connectivity index (χ1v) is 12.2. The summed E-state index contributed by atoms with van der Waals surface area (Å²) in [6.07, 6.45) is 0. The third-order valence-corrected chi connectivity index (χ3v) is 6.97. The van der Waals surface area contributed by atoms with E-state index in [2.05, 4.69) is 20.8 Å². The van der Waals surface area contributed by atoms with Gasteiger partial charge in [0, 0.05) is 12.1 Å². The van der Waals surface area contributed by atoms with E-state index in [1.165, 1.54) is 17.0 Å². The highest BCUT2D eigenvalue weighted by Crippen LogP contribution is 2.41. The van der Waals surface area contributed by atoms with Crippen LogP contribution in [-0.4, -0.2) is 32.8 Å². The van der Waals surface area contributed by atoms with Gasteiger partial charge in [-0.2, -0.15) is 0 Å². The molecule has 4 rings (SSSR count). The Morgan fingerprint density at radius 2 is 1.43 bits per heavy atom. The van der Waals surface area contributed by atoms with Crippen molar-refractivity contribution in [1.82, 2.24) is 4.90 Å². The van der Waals surface area contributed by atoms with Crippen molar-refractivity contribution in [3.8, 4) is 0 Å². The average molecular weight is 498 g/mol. The molecule has 0 bridgehead atoms. The van der Waals surface area contributed by atoms with E-state index in [0.717, 1.165) is 16.7 Å². The quantitative estimate of drug-likeness (QED) is 0.259. The molecule has 0 spiro atoms. The van der Waals surface area contributed by atoms with Gasteiger partial charge in [0.2, 0.25) is 0 Å². The maximum atomic E-state index is 13.3. The molecule has 1 heterocycles. The normalized spacial score (nSPS) is 17.3.